The number of benzene rings is 2. The van der Waals surface area contributed by atoms with Gasteiger partial charge >= 0.3 is 0 Å². The van der Waals surface area contributed by atoms with E-state index in [1.165, 1.54) is 4.68 Å². The van der Waals surface area contributed by atoms with Gasteiger partial charge in [0.15, 0.2) is 5.69 Å². The van der Waals surface area contributed by atoms with Gasteiger partial charge in [-0.15, -0.1) is 0 Å². The van der Waals surface area contributed by atoms with Crippen LogP contribution in [0.4, 0.5) is 5.82 Å². The molecule has 158 valence electrons. The van der Waals surface area contributed by atoms with E-state index in [1.807, 2.05) is 60.9 Å². The molecule has 0 atom stereocenters. The molecule has 0 unspecified atom stereocenters. The summed E-state index contributed by atoms with van der Waals surface area (Å²) in [7, 11) is 1.69. The molecule has 0 spiro atoms. The van der Waals surface area contributed by atoms with Gasteiger partial charge in [0.2, 0.25) is 5.91 Å². The quantitative estimate of drug-likeness (QED) is 0.432. The van der Waals surface area contributed by atoms with Crippen LogP contribution >= 0.6 is 0 Å². The number of aryl methyl sites for hydroxylation is 2. The van der Waals surface area contributed by atoms with Gasteiger partial charge in [-0.25, -0.2) is 4.98 Å². The number of carbonyl (C=O) groups excluding carboxylic acids is 2. The molecule has 0 aliphatic rings. The Bertz CT molecular complexity index is 1200. The van der Waals surface area contributed by atoms with Crippen molar-refractivity contribution in [2.24, 2.45) is 7.05 Å². The molecule has 0 aliphatic carbocycles. The summed E-state index contributed by atoms with van der Waals surface area (Å²) in [6.07, 6.45) is 2.84. The van der Waals surface area contributed by atoms with Crippen molar-refractivity contribution in [2.45, 2.75) is 19.4 Å². The number of amides is 2. The number of nitrogens with zero attached hydrogens (tertiary/aromatic N) is 4. The van der Waals surface area contributed by atoms with E-state index in [0.717, 1.165) is 29.6 Å². The first-order valence-electron chi connectivity index (χ1n) is 10.2. The lowest BCUT2D eigenvalue weighted by atomic mass is 10.1. The molecule has 0 fully saturated rings. The molecule has 0 bridgehead atoms. The summed E-state index contributed by atoms with van der Waals surface area (Å²) in [5.41, 5.74) is 3.23. The number of nitrogens with one attached hydrogen (secondary N) is 2. The maximum Gasteiger partial charge on any atom is 0.271 e. The van der Waals surface area contributed by atoms with Gasteiger partial charge in [0.05, 0.1) is 23.8 Å². The van der Waals surface area contributed by atoms with Gasteiger partial charge in [-0.1, -0.05) is 42.5 Å². The Morgan fingerprint density at radius 2 is 1.81 bits per heavy atom. The fourth-order valence-corrected chi connectivity index (χ4v) is 3.39. The maximum atomic E-state index is 12.4. The van der Waals surface area contributed by atoms with Crippen molar-refractivity contribution in [2.75, 3.05) is 11.9 Å². The molecule has 2 heterocycles. The van der Waals surface area contributed by atoms with E-state index < -0.39 is 0 Å². The van der Waals surface area contributed by atoms with Crippen LogP contribution in [0.3, 0.4) is 0 Å². The van der Waals surface area contributed by atoms with Crippen LogP contribution in [0.2, 0.25) is 0 Å². The van der Waals surface area contributed by atoms with Gasteiger partial charge in [0, 0.05) is 26.2 Å². The van der Waals surface area contributed by atoms with Crippen LogP contribution in [0.15, 0.2) is 67.0 Å². The van der Waals surface area contributed by atoms with Crippen molar-refractivity contribution in [1.29, 1.82) is 0 Å². The molecule has 8 heteroatoms. The van der Waals surface area contributed by atoms with Gasteiger partial charge in [0.25, 0.3) is 5.91 Å². The lowest BCUT2D eigenvalue weighted by molar-refractivity contribution is -0.115. The van der Waals surface area contributed by atoms with Gasteiger partial charge in [-0.3, -0.25) is 14.3 Å². The summed E-state index contributed by atoms with van der Waals surface area (Å²) < 4.78 is 3.57. The first kappa shape index (κ1) is 20.3. The third kappa shape index (κ3) is 4.98. The standard InChI is InChI=1S/C23H24N6O2/c1-28-21(26-22(30)14-17-8-3-2-4-9-17)15-19(27-28)23(31)24-12-7-13-29-16-25-18-10-5-6-11-20(18)29/h2-6,8-11,15-16H,7,12-14H2,1H3,(H,24,31)(H,26,30). The molecule has 2 N–H and O–H groups in total. The molecule has 4 rings (SSSR count). The fourth-order valence-electron chi connectivity index (χ4n) is 3.39. The van der Waals surface area contributed by atoms with Crippen molar-refractivity contribution < 1.29 is 9.59 Å². The number of anilines is 1. The van der Waals surface area contributed by atoms with E-state index in [9.17, 15) is 9.59 Å². The van der Waals surface area contributed by atoms with E-state index in [1.54, 1.807) is 13.1 Å². The highest BCUT2D eigenvalue weighted by Crippen LogP contribution is 2.13. The van der Waals surface area contributed by atoms with Gasteiger partial charge in [0.1, 0.15) is 5.82 Å². The van der Waals surface area contributed by atoms with Crippen molar-refractivity contribution >= 4 is 28.7 Å². The van der Waals surface area contributed by atoms with Crippen LogP contribution in [0, 0.1) is 0 Å². The number of carbonyl (C=O) groups is 2. The van der Waals surface area contributed by atoms with E-state index in [0.29, 0.717) is 12.4 Å². The molecule has 2 amide bonds. The van der Waals surface area contributed by atoms with Gasteiger partial charge < -0.3 is 15.2 Å². The SMILES string of the molecule is Cn1nc(C(=O)NCCCn2cnc3ccccc32)cc1NC(=O)Cc1ccccc1. The zero-order valence-electron chi connectivity index (χ0n) is 17.3. The van der Waals surface area contributed by atoms with Crippen LogP contribution in [-0.2, 0) is 24.8 Å². The van der Waals surface area contributed by atoms with Crippen molar-refractivity contribution in [3.8, 4) is 0 Å². The lowest BCUT2D eigenvalue weighted by Gasteiger charge is -2.05. The highest BCUT2D eigenvalue weighted by Gasteiger charge is 2.14. The first-order valence-corrected chi connectivity index (χ1v) is 10.2. The number of fused-ring (bicyclic) bond motifs is 1. The number of hydrogen-bond acceptors (Lipinski definition) is 4. The van der Waals surface area contributed by atoms with Crippen LogP contribution < -0.4 is 10.6 Å². The Morgan fingerprint density at radius 1 is 1.03 bits per heavy atom. The Kier molecular flexibility index (Phi) is 6.07. The molecular weight excluding hydrogens is 392 g/mol. The predicted molar refractivity (Wildman–Crippen MR) is 119 cm³/mol. The molecule has 2 aromatic carbocycles. The summed E-state index contributed by atoms with van der Waals surface area (Å²) in [5.74, 6) is 0.0549. The van der Waals surface area contributed by atoms with Crippen LogP contribution in [0.25, 0.3) is 11.0 Å². The summed E-state index contributed by atoms with van der Waals surface area (Å²) >= 11 is 0. The third-order valence-corrected chi connectivity index (χ3v) is 4.98. The first-order chi connectivity index (χ1) is 15.1. The molecule has 31 heavy (non-hydrogen) atoms. The molecule has 0 saturated carbocycles. The summed E-state index contributed by atoms with van der Waals surface area (Å²) in [5, 5.41) is 9.90. The lowest BCUT2D eigenvalue weighted by Crippen LogP contribution is -2.25. The van der Waals surface area contributed by atoms with E-state index >= 15 is 0 Å². The highest BCUT2D eigenvalue weighted by atomic mass is 16.2. The van der Waals surface area contributed by atoms with Gasteiger partial charge in [-0.2, -0.15) is 5.10 Å². The van der Waals surface area contributed by atoms with Crippen LogP contribution in [0.1, 0.15) is 22.5 Å². The Labute approximate surface area is 179 Å². The molecule has 8 nitrogen and oxygen atoms in total. The number of imidazole rings is 1. The third-order valence-electron chi connectivity index (χ3n) is 4.98. The van der Waals surface area contributed by atoms with E-state index in [4.69, 9.17) is 0 Å². The molecule has 0 saturated heterocycles. The average molecular weight is 416 g/mol. The average Bonchev–Trinajstić information content (AvgIpc) is 3.35. The second kappa shape index (κ2) is 9.25. The van der Waals surface area contributed by atoms with Crippen LogP contribution in [-0.4, -0.2) is 37.7 Å². The Balaban J connectivity index is 1.27. The normalized spacial score (nSPS) is 10.9. The second-order valence-corrected chi connectivity index (χ2v) is 7.29. The maximum absolute atomic E-state index is 12.4. The smallest absolute Gasteiger partial charge is 0.271 e. The largest absolute Gasteiger partial charge is 0.351 e. The number of hydrogen-bond donors (Lipinski definition) is 2. The zero-order chi connectivity index (χ0) is 21.6. The summed E-state index contributed by atoms with van der Waals surface area (Å²) in [6.45, 7) is 1.27. The summed E-state index contributed by atoms with van der Waals surface area (Å²) in [6, 6.07) is 19.0. The second-order valence-electron chi connectivity index (χ2n) is 7.29. The topological polar surface area (TPSA) is 93.8 Å². The summed E-state index contributed by atoms with van der Waals surface area (Å²) in [4.78, 5) is 29.1. The predicted octanol–water partition coefficient (Wildman–Crippen LogP) is 2.77. The molecule has 0 radical (unpaired) electrons. The van der Waals surface area contributed by atoms with E-state index in [2.05, 4.69) is 25.3 Å². The van der Waals surface area contributed by atoms with Crippen LogP contribution in [0.5, 0.6) is 0 Å². The molecule has 4 aromatic rings. The Hall–Kier alpha value is -3.94. The molecule has 0 aliphatic heterocycles. The molecule has 2 aromatic heterocycles. The minimum atomic E-state index is -0.269. The zero-order valence-corrected chi connectivity index (χ0v) is 17.3. The Morgan fingerprint density at radius 3 is 2.65 bits per heavy atom. The van der Waals surface area contributed by atoms with Crippen molar-refractivity contribution in [3.05, 3.63) is 78.2 Å². The molecular formula is C23H24N6O2. The minimum absolute atomic E-state index is 0.159. The fraction of sp³-hybridized carbons (Fsp3) is 0.217. The van der Waals surface area contributed by atoms with Crippen molar-refractivity contribution in [1.82, 2.24) is 24.6 Å². The van der Waals surface area contributed by atoms with Gasteiger partial charge in [-0.05, 0) is 24.1 Å². The number of rotatable bonds is 8. The highest BCUT2D eigenvalue weighted by molar-refractivity contribution is 5.95. The number of para-hydroxylation sites is 2. The minimum Gasteiger partial charge on any atom is -0.351 e. The monoisotopic (exact) mass is 416 g/mol. The van der Waals surface area contributed by atoms with Crippen molar-refractivity contribution in [3.63, 3.8) is 0 Å². The van der Waals surface area contributed by atoms with E-state index in [-0.39, 0.29) is 23.9 Å². The number of aromatic nitrogens is 4.